The zero-order valence-electron chi connectivity index (χ0n) is 63.5. The van der Waals surface area contributed by atoms with Gasteiger partial charge < -0.3 is 33.8 Å². The van der Waals surface area contributed by atoms with E-state index in [2.05, 4.69) is 155 Å². The zero-order valence-corrected chi connectivity index (χ0v) is 65.3. The first-order chi connectivity index (χ1) is 49.7. The summed E-state index contributed by atoms with van der Waals surface area (Å²) in [5, 5.41) is 10.6. The van der Waals surface area contributed by atoms with E-state index in [4.69, 9.17) is 37.0 Å². The molecule has 0 aliphatic rings. The fourth-order valence-corrected chi connectivity index (χ4v) is 11.5. The van der Waals surface area contributed by atoms with E-state index in [0.29, 0.717) is 32.1 Å². The van der Waals surface area contributed by atoms with E-state index >= 15 is 0 Å². The van der Waals surface area contributed by atoms with Crippen molar-refractivity contribution < 1.29 is 80.2 Å². The minimum atomic E-state index is -5.01. The molecular formula is C83H138O17P2. The van der Waals surface area contributed by atoms with Gasteiger partial charge in [-0.15, -0.1) is 0 Å². The smallest absolute Gasteiger partial charge is 0.462 e. The Bertz CT molecular complexity index is 2510. The van der Waals surface area contributed by atoms with Crippen LogP contribution in [0.4, 0.5) is 0 Å². The molecule has 0 fully saturated rings. The van der Waals surface area contributed by atoms with Gasteiger partial charge in [-0.3, -0.25) is 37.3 Å². The number of unbranched alkanes of at least 4 members (excludes halogenated alkanes) is 22. The highest BCUT2D eigenvalue weighted by Gasteiger charge is 2.30. The third-order valence-corrected chi connectivity index (χ3v) is 17.7. The van der Waals surface area contributed by atoms with Gasteiger partial charge in [-0.05, 0) is 154 Å². The molecule has 0 heterocycles. The van der Waals surface area contributed by atoms with Gasteiger partial charge in [0.1, 0.15) is 19.3 Å². The molecule has 0 bridgehead atoms. The molecule has 3 N–H and O–H groups in total. The van der Waals surface area contributed by atoms with Crippen LogP contribution in [0.3, 0.4) is 0 Å². The normalized spacial score (nSPS) is 14.7. The Labute approximate surface area is 617 Å². The van der Waals surface area contributed by atoms with E-state index in [0.717, 1.165) is 161 Å². The molecule has 17 nitrogen and oxygen atoms in total. The molecule has 19 heteroatoms. The Balaban J connectivity index is 5.46. The van der Waals surface area contributed by atoms with Gasteiger partial charge in [0.25, 0.3) is 0 Å². The van der Waals surface area contributed by atoms with Gasteiger partial charge in [0, 0.05) is 25.7 Å². The molecule has 0 spiro atoms. The van der Waals surface area contributed by atoms with Crippen LogP contribution < -0.4 is 0 Å². The molecule has 582 valence electrons. The predicted molar refractivity (Wildman–Crippen MR) is 417 cm³/mol. The largest absolute Gasteiger partial charge is 0.472 e. The number of rotatable bonds is 72. The van der Waals surface area contributed by atoms with Crippen molar-refractivity contribution in [1.82, 2.24) is 0 Å². The Morgan fingerprint density at radius 1 is 0.284 bits per heavy atom. The summed E-state index contributed by atoms with van der Waals surface area (Å²) in [6.45, 7) is 4.48. The van der Waals surface area contributed by atoms with Crippen LogP contribution in [0.1, 0.15) is 297 Å². The Morgan fingerprint density at radius 3 is 0.853 bits per heavy atom. The maximum Gasteiger partial charge on any atom is 0.472 e. The van der Waals surface area contributed by atoms with Crippen molar-refractivity contribution in [3.63, 3.8) is 0 Å². The molecular weight excluding hydrogens is 1330 g/mol. The molecule has 0 aliphatic heterocycles. The molecule has 5 unspecified atom stereocenters. The molecule has 0 aromatic rings. The fourth-order valence-electron chi connectivity index (χ4n) is 9.87. The molecule has 0 aromatic carbocycles. The van der Waals surface area contributed by atoms with Crippen molar-refractivity contribution in [3.05, 3.63) is 146 Å². The number of hydrogen-bond acceptors (Lipinski definition) is 15. The average Bonchev–Trinajstić information content (AvgIpc) is 0.923. The predicted octanol–water partition coefficient (Wildman–Crippen LogP) is 22.7. The number of ether oxygens (including phenoxy) is 4. The third-order valence-electron chi connectivity index (χ3n) is 15.8. The molecule has 0 rings (SSSR count). The number of phosphoric acid groups is 2. The standard InChI is InChI=1S/C83H138O17P2/c1-5-9-13-17-21-25-29-33-35-37-38-40-41-45-48-52-56-60-64-68-81(86)94-74-79(100-83(88)70-66-62-58-54-50-46-42-39-36-34-30-26-22-18-14-10-6-2)76-98-102(91,92)96-72-77(84)71-95-101(89,90)97-75-78(99-82(87)69-65-61-57-53-49-44-32-28-24-20-16-12-8-4)73-93-80(85)67-63-59-55-51-47-43-31-27-23-19-15-11-7-3/h9-10,13-14,21-22,25-28,31-36,38,40,42,45-46,48,56,60,77-79,84H,5-8,11-12,15-20,23-24,29-30,37,39,41,43-44,47,49-55,57-59,61-76H2,1-4H3,(H,89,90)(H,91,92)/b13-9-,14-10-,25-21-,26-22-,31-27-,32-28-,35-33-,36-34-,40-38-,46-42-,48-45-,60-56-. The van der Waals surface area contributed by atoms with Gasteiger partial charge in [0.15, 0.2) is 12.2 Å². The summed E-state index contributed by atoms with van der Waals surface area (Å²) in [4.78, 5) is 72.9. The zero-order chi connectivity index (χ0) is 74.6. The van der Waals surface area contributed by atoms with Gasteiger partial charge in [0.2, 0.25) is 0 Å². The minimum absolute atomic E-state index is 0.0258. The lowest BCUT2D eigenvalue weighted by molar-refractivity contribution is -0.161. The van der Waals surface area contributed by atoms with Crippen LogP contribution in [0, 0.1) is 0 Å². The van der Waals surface area contributed by atoms with Crippen molar-refractivity contribution >= 4 is 39.5 Å². The number of aliphatic hydroxyl groups excluding tert-OH is 1. The Hall–Kier alpha value is -5.06. The minimum Gasteiger partial charge on any atom is -0.462 e. The number of carbonyl (C=O) groups excluding carboxylic acids is 4. The lowest BCUT2D eigenvalue weighted by atomic mass is 10.1. The van der Waals surface area contributed by atoms with Gasteiger partial charge in [-0.1, -0.05) is 263 Å². The first-order valence-electron chi connectivity index (χ1n) is 39.1. The van der Waals surface area contributed by atoms with Crippen LogP contribution in [0.5, 0.6) is 0 Å². The van der Waals surface area contributed by atoms with Crippen molar-refractivity contribution in [1.29, 1.82) is 0 Å². The summed E-state index contributed by atoms with van der Waals surface area (Å²) in [5.41, 5.74) is 0. The number of allylic oxidation sites excluding steroid dienone is 24. The molecule has 102 heavy (non-hydrogen) atoms. The molecule has 0 aromatic heterocycles. The quantitative estimate of drug-likeness (QED) is 0.0169. The molecule has 5 atom stereocenters. The van der Waals surface area contributed by atoms with E-state index in [1.165, 1.54) is 51.4 Å². The van der Waals surface area contributed by atoms with Crippen LogP contribution in [-0.2, 0) is 65.4 Å². The molecule has 0 saturated heterocycles. The number of aliphatic hydroxyl groups is 1. The van der Waals surface area contributed by atoms with Crippen LogP contribution >= 0.6 is 15.6 Å². The second kappa shape index (κ2) is 74.2. The maximum atomic E-state index is 13.1. The average molecular weight is 1470 g/mol. The Kier molecular flexibility index (Phi) is 70.5. The first-order valence-corrected chi connectivity index (χ1v) is 42.1. The fraction of sp³-hybridized carbons (Fsp3) is 0.663. The van der Waals surface area contributed by atoms with Gasteiger partial charge in [-0.2, -0.15) is 0 Å². The summed E-state index contributed by atoms with van der Waals surface area (Å²) in [6.07, 6.45) is 84.2. The number of esters is 4. The van der Waals surface area contributed by atoms with Crippen molar-refractivity contribution in [2.24, 2.45) is 0 Å². The maximum absolute atomic E-state index is 13.1. The highest BCUT2D eigenvalue weighted by molar-refractivity contribution is 7.47. The van der Waals surface area contributed by atoms with Gasteiger partial charge in [-0.25, -0.2) is 9.13 Å². The number of phosphoric ester groups is 2. The SMILES string of the molecule is CC/C=C\C/C=C\C/C=C\C/C=C\C/C=C\C/C=C\CCC(=O)OCC(COP(=O)(O)OCC(O)COP(=O)(O)OCC(COC(=O)CCCCCCC/C=C\CCCCCC)OC(=O)CCCCCCC/C=C\CCCCCC)OC(=O)CCCCCC/C=C\C/C=C\C/C=C\C/C=C\CC. The van der Waals surface area contributed by atoms with Crippen LogP contribution in [0.25, 0.3) is 0 Å². The van der Waals surface area contributed by atoms with E-state index in [1.807, 2.05) is 18.2 Å². The monoisotopic (exact) mass is 1470 g/mol. The summed E-state index contributed by atoms with van der Waals surface area (Å²) >= 11 is 0. The van der Waals surface area contributed by atoms with Crippen LogP contribution in [-0.4, -0.2) is 96.7 Å². The van der Waals surface area contributed by atoms with E-state index < -0.39 is 97.5 Å². The first kappa shape index (κ1) is 96.9. The van der Waals surface area contributed by atoms with Crippen molar-refractivity contribution in [2.45, 2.75) is 316 Å². The Morgan fingerprint density at radius 2 is 0.529 bits per heavy atom. The van der Waals surface area contributed by atoms with E-state index in [9.17, 15) is 43.2 Å². The molecule has 0 aliphatic carbocycles. The second-order valence-electron chi connectivity index (χ2n) is 25.5. The lowest BCUT2D eigenvalue weighted by Gasteiger charge is -2.21. The lowest BCUT2D eigenvalue weighted by Crippen LogP contribution is -2.30. The van der Waals surface area contributed by atoms with Crippen molar-refractivity contribution in [2.75, 3.05) is 39.6 Å². The molecule has 0 saturated carbocycles. The number of carbonyl (C=O) groups is 4. The summed E-state index contributed by atoms with van der Waals surface area (Å²) < 4.78 is 68.4. The van der Waals surface area contributed by atoms with E-state index in [1.54, 1.807) is 0 Å². The highest BCUT2D eigenvalue weighted by Crippen LogP contribution is 2.45. The third kappa shape index (κ3) is 73.3. The number of hydrogen-bond donors (Lipinski definition) is 3. The van der Waals surface area contributed by atoms with Crippen molar-refractivity contribution in [3.8, 4) is 0 Å². The second-order valence-corrected chi connectivity index (χ2v) is 28.4. The molecule has 0 amide bonds. The summed E-state index contributed by atoms with van der Waals surface area (Å²) in [5.74, 6) is -2.32. The van der Waals surface area contributed by atoms with Gasteiger partial charge in [0.05, 0.1) is 26.4 Å². The van der Waals surface area contributed by atoms with Crippen LogP contribution in [0.15, 0.2) is 146 Å². The van der Waals surface area contributed by atoms with Crippen LogP contribution in [0.2, 0.25) is 0 Å². The summed E-state index contributed by atoms with van der Waals surface area (Å²) in [7, 11) is -9.99. The highest BCUT2D eigenvalue weighted by atomic mass is 31.2. The van der Waals surface area contributed by atoms with Gasteiger partial charge >= 0.3 is 39.5 Å². The topological polar surface area (TPSA) is 237 Å². The van der Waals surface area contributed by atoms with E-state index in [-0.39, 0.29) is 25.7 Å². The summed E-state index contributed by atoms with van der Waals surface area (Å²) in [6, 6.07) is 0. The molecule has 0 radical (unpaired) electrons.